The third kappa shape index (κ3) is 3.57. The molecule has 0 fully saturated rings. The van der Waals surface area contributed by atoms with Gasteiger partial charge in [0.05, 0.1) is 5.39 Å². The molecule has 2 N–H and O–H groups in total. The van der Waals surface area contributed by atoms with E-state index in [1.165, 1.54) is 11.9 Å². The number of benzene rings is 2. The van der Waals surface area contributed by atoms with Crippen LogP contribution in [0.2, 0.25) is 0 Å². The highest BCUT2D eigenvalue weighted by Gasteiger charge is 2.10. The number of anilines is 2. The number of nitrogens with one attached hydrogen (secondary N) is 2. The fraction of sp³-hybridized carbons (Fsp3) is 0.125. The zero-order valence-electron chi connectivity index (χ0n) is 12.7. The summed E-state index contributed by atoms with van der Waals surface area (Å²) < 4.78 is 7.87. The van der Waals surface area contributed by atoms with Crippen molar-refractivity contribution in [1.82, 2.24) is 9.88 Å². The van der Waals surface area contributed by atoms with Crippen LogP contribution in [0.25, 0.3) is 11.0 Å². The Hall–Kier alpha value is -2.67. The first-order chi connectivity index (χ1) is 11.1. The molecule has 6 nitrogen and oxygen atoms in total. The van der Waals surface area contributed by atoms with Crippen LogP contribution in [0.3, 0.4) is 0 Å². The van der Waals surface area contributed by atoms with Crippen LogP contribution in [-0.2, 0) is 0 Å². The van der Waals surface area contributed by atoms with Crippen LogP contribution < -0.4 is 14.9 Å². The van der Waals surface area contributed by atoms with Crippen molar-refractivity contribution in [3.63, 3.8) is 0 Å². The van der Waals surface area contributed by atoms with Gasteiger partial charge in [-0.05, 0) is 48.3 Å². The highest BCUT2D eigenvalue weighted by Crippen LogP contribution is 2.23. The average Bonchev–Trinajstić information content (AvgIpc) is 2.96. The second-order valence-electron chi connectivity index (χ2n) is 5.07. The molecule has 0 atom stereocenters. The van der Waals surface area contributed by atoms with Crippen molar-refractivity contribution >= 4 is 40.5 Å². The molecular formula is C16H16N4O2S. The summed E-state index contributed by atoms with van der Waals surface area (Å²) in [6, 6.07) is 14.9. The van der Waals surface area contributed by atoms with Crippen molar-refractivity contribution in [3.05, 3.63) is 48.5 Å². The maximum Gasteiger partial charge on any atom is 0.330 e. The Labute approximate surface area is 138 Å². The lowest BCUT2D eigenvalue weighted by Crippen LogP contribution is -2.22. The molecule has 7 heteroatoms. The van der Waals surface area contributed by atoms with Gasteiger partial charge >= 0.3 is 6.03 Å². The summed E-state index contributed by atoms with van der Waals surface area (Å²) in [6.07, 6.45) is 0. The zero-order chi connectivity index (χ0) is 16.2. The first-order valence-corrected chi connectivity index (χ1v) is 7.81. The molecule has 0 aliphatic carbocycles. The smallest absolute Gasteiger partial charge is 0.330 e. The first-order valence-electron chi connectivity index (χ1n) is 6.99. The molecule has 1 aromatic heterocycles. The van der Waals surface area contributed by atoms with E-state index < -0.39 is 0 Å². The van der Waals surface area contributed by atoms with E-state index in [0.717, 1.165) is 16.0 Å². The summed E-state index contributed by atoms with van der Waals surface area (Å²) in [7, 11) is 3.96. The van der Waals surface area contributed by atoms with Crippen LogP contribution >= 0.6 is 11.9 Å². The number of urea groups is 1. The van der Waals surface area contributed by atoms with E-state index in [-0.39, 0.29) is 6.03 Å². The van der Waals surface area contributed by atoms with Gasteiger partial charge in [-0.1, -0.05) is 17.3 Å². The molecule has 2 aromatic carbocycles. The van der Waals surface area contributed by atoms with Crippen molar-refractivity contribution in [1.29, 1.82) is 0 Å². The molecule has 3 rings (SSSR count). The summed E-state index contributed by atoms with van der Waals surface area (Å²) in [6.45, 7) is 0. The van der Waals surface area contributed by atoms with Gasteiger partial charge < -0.3 is 9.42 Å². The molecule has 118 valence electrons. The van der Waals surface area contributed by atoms with Crippen molar-refractivity contribution in [2.45, 2.75) is 4.90 Å². The van der Waals surface area contributed by atoms with Gasteiger partial charge in [-0.3, -0.25) is 10.0 Å². The van der Waals surface area contributed by atoms with E-state index in [9.17, 15) is 4.79 Å². The molecule has 1 heterocycles. The van der Waals surface area contributed by atoms with Crippen molar-refractivity contribution in [2.24, 2.45) is 0 Å². The van der Waals surface area contributed by atoms with Gasteiger partial charge in [0, 0.05) is 24.7 Å². The topological polar surface area (TPSA) is 70.4 Å². The molecule has 2 amide bonds. The molecular weight excluding hydrogens is 312 g/mol. The Bertz CT molecular complexity index is 814. The predicted octanol–water partition coefficient (Wildman–Crippen LogP) is 3.72. The van der Waals surface area contributed by atoms with Crippen LogP contribution in [0.1, 0.15) is 0 Å². The lowest BCUT2D eigenvalue weighted by atomic mass is 10.2. The van der Waals surface area contributed by atoms with E-state index in [2.05, 4.69) is 15.2 Å². The normalized spacial score (nSPS) is 10.5. The molecule has 23 heavy (non-hydrogen) atoms. The number of aromatic nitrogens is 1. The second-order valence-corrected chi connectivity index (χ2v) is 5.95. The van der Waals surface area contributed by atoms with E-state index in [4.69, 9.17) is 4.52 Å². The Morgan fingerprint density at radius 2 is 1.87 bits per heavy atom. The van der Waals surface area contributed by atoms with Gasteiger partial charge in [0.25, 0.3) is 0 Å². The largest absolute Gasteiger partial charge is 0.378 e. The number of para-hydroxylation sites is 1. The predicted molar refractivity (Wildman–Crippen MR) is 92.8 cm³/mol. The zero-order valence-corrected chi connectivity index (χ0v) is 13.6. The number of hydrogen-bond acceptors (Lipinski definition) is 5. The standard InChI is InChI=1S/C16H16N4O2S/c1-20(2)11-7-9-12(10-8-11)23-19-16(21)17-15-13-5-3-4-6-14(13)22-18-15/h3-10H,1-2H3,(H2,17,18,19,21). The van der Waals surface area contributed by atoms with Crippen LogP contribution in [0.4, 0.5) is 16.3 Å². The van der Waals surface area contributed by atoms with Gasteiger partial charge in [-0.25, -0.2) is 4.79 Å². The monoisotopic (exact) mass is 328 g/mol. The number of nitrogens with zero attached hydrogens (tertiary/aromatic N) is 2. The van der Waals surface area contributed by atoms with Gasteiger partial charge in [-0.2, -0.15) is 0 Å². The Morgan fingerprint density at radius 3 is 2.61 bits per heavy atom. The molecule has 3 aromatic rings. The molecule has 0 saturated heterocycles. The van der Waals surface area contributed by atoms with Crippen molar-refractivity contribution in [2.75, 3.05) is 24.3 Å². The minimum atomic E-state index is -0.356. The summed E-state index contributed by atoms with van der Waals surface area (Å²) >= 11 is 1.24. The van der Waals surface area contributed by atoms with Crippen molar-refractivity contribution < 1.29 is 9.32 Å². The lowest BCUT2D eigenvalue weighted by molar-refractivity contribution is 0.257. The van der Waals surface area contributed by atoms with Crippen LogP contribution in [0.5, 0.6) is 0 Å². The summed E-state index contributed by atoms with van der Waals surface area (Å²) in [5.74, 6) is 0.404. The quantitative estimate of drug-likeness (QED) is 0.714. The Kier molecular flexibility index (Phi) is 4.38. The Morgan fingerprint density at radius 1 is 1.13 bits per heavy atom. The van der Waals surface area contributed by atoms with E-state index in [0.29, 0.717) is 11.4 Å². The van der Waals surface area contributed by atoms with Crippen LogP contribution in [0.15, 0.2) is 57.9 Å². The maximum absolute atomic E-state index is 12.0. The Balaban J connectivity index is 1.59. The van der Waals surface area contributed by atoms with Crippen LogP contribution in [0, 0.1) is 0 Å². The number of carbonyl (C=O) groups excluding carboxylic acids is 1. The van der Waals surface area contributed by atoms with Gasteiger partial charge in [0.1, 0.15) is 0 Å². The van der Waals surface area contributed by atoms with Crippen molar-refractivity contribution in [3.8, 4) is 0 Å². The maximum atomic E-state index is 12.0. The number of rotatable bonds is 4. The van der Waals surface area contributed by atoms with Gasteiger partial charge in [0.2, 0.25) is 0 Å². The fourth-order valence-corrected chi connectivity index (χ4v) is 2.56. The SMILES string of the molecule is CN(C)c1ccc(SNC(=O)Nc2noc3ccccc23)cc1. The number of carbonyl (C=O) groups is 1. The molecule has 0 unspecified atom stereocenters. The minimum Gasteiger partial charge on any atom is -0.378 e. The van der Waals surface area contributed by atoms with E-state index >= 15 is 0 Å². The highest BCUT2D eigenvalue weighted by molar-refractivity contribution is 7.98. The molecule has 0 bridgehead atoms. The van der Waals surface area contributed by atoms with Crippen LogP contribution in [-0.4, -0.2) is 25.3 Å². The summed E-state index contributed by atoms with van der Waals surface area (Å²) in [4.78, 5) is 14.9. The minimum absolute atomic E-state index is 0.356. The fourth-order valence-electron chi connectivity index (χ4n) is 2.03. The summed E-state index contributed by atoms with van der Waals surface area (Å²) in [5.41, 5.74) is 1.74. The number of amides is 2. The van der Waals surface area contributed by atoms with E-state index in [1.807, 2.05) is 61.5 Å². The molecule has 0 aliphatic heterocycles. The second kappa shape index (κ2) is 6.62. The molecule has 0 spiro atoms. The molecule has 0 radical (unpaired) electrons. The molecule has 0 aliphatic rings. The van der Waals surface area contributed by atoms with E-state index in [1.54, 1.807) is 6.07 Å². The number of hydrogen-bond donors (Lipinski definition) is 2. The number of fused-ring (bicyclic) bond motifs is 1. The summed E-state index contributed by atoms with van der Waals surface area (Å²) in [5, 5.41) is 7.31. The average molecular weight is 328 g/mol. The van der Waals surface area contributed by atoms with Gasteiger partial charge in [-0.15, -0.1) is 0 Å². The highest BCUT2D eigenvalue weighted by atomic mass is 32.2. The lowest BCUT2D eigenvalue weighted by Gasteiger charge is -2.12. The third-order valence-electron chi connectivity index (χ3n) is 3.22. The third-order valence-corrected chi connectivity index (χ3v) is 4.02. The molecule has 0 saturated carbocycles. The van der Waals surface area contributed by atoms with Gasteiger partial charge in [0.15, 0.2) is 11.4 Å². The first kappa shape index (κ1) is 15.2.